The Kier molecular flexibility index (Phi) is 4.15. The van der Waals surface area contributed by atoms with Gasteiger partial charge in [-0.3, -0.25) is 19.8 Å². The highest BCUT2D eigenvalue weighted by Gasteiger charge is 2.36. The lowest BCUT2D eigenvalue weighted by atomic mass is 10.1. The number of barbiturate groups is 1. The zero-order valence-corrected chi connectivity index (χ0v) is 12.8. The minimum Gasteiger partial charge on any atom is -0.467 e. The molecule has 1 aliphatic rings. The number of hydrogen-bond acceptors (Lipinski definition) is 5. The normalized spacial score (nSPS) is 17.5. The van der Waals surface area contributed by atoms with Crippen molar-refractivity contribution in [2.45, 2.75) is 13.5 Å². The Balaban J connectivity index is 1.86. The summed E-state index contributed by atoms with van der Waals surface area (Å²) in [6, 6.07) is 6.00. The minimum absolute atomic E-state index is 0.0523. The summed E-state index contributed by atoms with van der Waals surface area (Å²) in [6.45, 7) is 1.67. The van der Waals surface area contributed by atoms with E-state index in [1.165, 1.54) is 18.6 Å². The summed E-state index contributed by atoms with van der Waals surface area (Å²) >= 11 is 0. The predicted molar refractivity (Wildman–Crippen MR) is 83.2 cm³/mol. The lowest BCUT2D eigenvalue weighted by Gasteiger charge is -2.25. The highest BCUT2D eigenvalue weighted by Crippen LogP contribution is 2.17. The Morgan fingerprint density at radius 2 is 1.92 bits per heavy atom. The van der Waals surface area contributed by atoms with E-state index in [0.717, 1.165) is 4.90 Å². The minimum atomic E-state index is -0.772. The molecule has 0 aromatic carbocycles. The monoisotopic (exact) mass is 326 g/mol. The number of nitrogens with one attached hydrogen (secondary N) is 1. The molecule has 4 amide bonds. The van der Waals surface area contributed by atoms with Crippen LogP contribution >= 0.6 is 0 Å². The van der Waals surface area contributed by atoms with Crippen LogP contribution in [0.15, 0.2) is 62.8 Å². The molecule has 122 valence electrons. The van der Waals surface area contributed by atoms with E-state index < -0.39 is 17.8 Å². The molecule has 7 heteroatoms. The van der Waals surface area contributed by atoms with Crippen molar-refractivity contribution in [3.05, 3.63) is 65.5 Å². The largest absolute Gasteiger partial charge is 0.467 e. The molecule has 2 aromatic heterocycles. The van der Waals surface area contributed by atoms with Crippen molar-refractivity contribution in [2.24, 2.45) is 0 Å². The molecule has 1 saturated heterocycles. The summed E-state index contributed by atoms with van der Waals surface area (Å²) in [4.78, 5) is 37.3. The summed E-state index contributed by atoms with van der Waals surface area (Å²) in [5.74, 6) is -0.369. The lowest BCUT2D eigenvalue weighted by molar-refractivity contribution is -0.130. The zero-order valence-electron chi connectivity index (χ0n) is 12.8. The molecule has 1 fully saturated rings. The van der Waals surface area contributed by atoms with Crippen LogP contribution in [0.4, 0.5) is 4.79 Å². The maximum Gasteiger partial charge on any atom is 0.331 e. The molecule has 1 N–H and O–H groups in total. The van der Waals surface area contributed by atoms with Gasteiger partial charge in [0.2, 0.25) is 0 Å². The van der Waals surface area contributed by atoms with E-state index in [-0.39, 0.29) is 12.1 Å². The molecule has 24 heavy (non-hydrogen) atoms. The third-order valence-corrected chi connectivity index (χ3v) is 3.36. The van der Waals surface area contributed by atoms with Crippen LogP contribution in [-0.4, -0.2) is 22.7 Å². The van der Waals surface area contributed by atoms with E-state index >= 15 is 0 Å². The van der Waals surface area contributed by atoms with Crippen LogP contribution in [0.3, 0.4) is 0 Å². The molecule has 3 rings (SSSR count). The first-order valence-electron chi connectivity index (χ1n) is 7.17. The Morgan fingerprint density at radius 1 is 1.17 bits per heavy atom. The standard InChI is InChI=1S/C17H14N2O5/c1-11(8-12-4-2-6-23-12)9-14-15(20)18-17(22)19(16(14)21)10-13-5-3-7-24-13/h2-9H,10H2,1H3,(H,18,20,22). The van der Waals surface area contributed by atoms with Crippen molar-refractivity contribution in [2.75, 3.05) is 0 Å². The van der Waals surface area contributed by atoms with Crippen LogP contribution in [-0.2, 0) is 16.1 Å². The van der Waals surface area contributed by atoms with Crippen LogP contribution in [0.5, 0.6) is 0 Å². The molecule has 0 radical (unpaired) electrons. The number of imide groups is 2. The Labute approximate surface area is 137 Å². The van der Waals surface area contributed by atoms with Gasteiger partial charge in [-0.1, -0.05) is 0 Å². The van der Waals surface area contributed by atoms with E-state index in [2.05, 4.69) is 5.32 Å². The van der Waals surface area contributed by atoms with Crippen LogP contribution in [0, 0.1) is 0 Å². The van der Waals surface area contributed by atoms with Gasteiger partial charge in [0, 0.05) is 0 Å². The highest BCUT2D eigenvalue weighted by atomic mass is 16.3. The molecule has 0 bridgehead atoms. The second kappa shape index (κ2) is 6.41. The molecule has 0 spiro atoms. The zero-order chi connectivity index (χ0) is 17.1. The topological polar surface area (TPSA) is 92.8 Å². The predicted octanol–water partition coefficient (Wildman–Crippen LogP) is 2.48. The van der Waals surface area contributed by atoms with Gasteiger partial charge in [-0.05, 0) is 48.9 Å². The summed E-state index contributed by atoms with van der Waals surface area (Å²) in [5, 5.41) is 2.15. The third kappa shape index (κ3) is 3.19. The van der Waals surface area contributed by atoms with Gasteiger partial charge < -0.3 is 8.83 Å². The van der Waals surface area contributed by atoms with E-state index in [0.29, 0.717) is 17.1 Å². The summed E-state index contributed by atoms with van der Waals surface area (Å²) in [5.41, 5.74) is 0.511. The SMILES string of the molecule is CC(=Cc1ccco1)C=C1C(=O)NC(=O)N(Cc2ccco2)C1=O. The van der Waals surface area contributed by atoms with Crippen molar-refractivity contribution >= 4 is 23.9 Å². The van der Waals surface area contributed by atoms with Crippen molar-refractivity contribution < 1.29 is 23.2 Å². The van der Waals surface area contributed by atoms with Crippen LogP contribution in [0.1, 0.15) is 18.4 Å². The van der Waals surface area contributed by atoms with Crippen LogP contribution in [0.25, 0.3) is 6.08 Å². The average Bonchev–Trinajstić information content (AvgIpc) is 3.21. The Hall–Kier alpha value is -3.35. The molecule has 7 nitrogen and oxygen atoms in total. The van der Waals surface area contributed by atoms with E-state index in [1.54, 1.807) is 37.3 Å². The number of rotatable bonds is 4. The van der Waals surface area contributed by atoms with Gasteiger partial charge in [0.1, 0.15) is 17.1 Å². The number of carbonyl (C=O) groups excluding carboxylic acids is 3. The number of nitrogens with zero attached hydrogens (tertiary/aromatic N) is 1. The number of urea groups is 1. The van der Waals surface area contributed by atoms with Gasteiger partial charge in [-0.15, -0.1) is 0 Å². The maximum atomic E-state index is 12.5. The van der Waals surface area contributed by atoms with Gasteiger partial charge in [0.05, 0.1) is 19.1 Å². The highest BCUT2D eigenvalue weighted by molar-refractivity contribution is 6.29. The average molecular weight is 326 g/mol. The number of amides is 4. The van der Waals surface area contributed by atoms with Gasteiger partial charge in [0.25, 0.3) is 11.8 Å². The smallest absolute Gasteiger partial charge is 0.331 e. The summed E-state index contributed by atoms with van der Waals surface area (Å²) in [6.07, 6.45) is 6.07. The van der Waals surface area contributed by atoms with Gasteiger partial charge >= 0.3 is 6.03 Å². The van der Waals surface area contributed by atoms with Crippen molar-refractivity contribution in [3.8, 4) is 0 Å². The molecule has 3 heterocycles. The van der Waals surface area contributed by atoms with E-state index in [1.807, 2.05) is 0 Å². The van der Waals surface area contributed by atoms with Gasteiger partial charge in [-0.2, -0.15) is 0 Å². The maximum absolute atomic E-state index is 12.5. The molecule has 1 aliphatic heterocycles. The molecule has 0 atom stereocenters. The molecule has 0 aliphatic carbocycles. The van der Waals surface area contributed by atoms with Crippen molar-refractivity contribution in [3.63, 3.8) is 0 Å². The number of furan rings is 2. The first-order chi connectivity index (χ1) is 11.5. The van der Waals surface area contributed by atoms with Crippen LogP contribution < -0.4 is 5.32 Å². The molecule has 0 saturated carbocycles. The molecular formula is C17H14N2O5. The first kappa shape index (κ1) is 15.5. The second-order valence-electron chi connectivity index (χ2n) is 5.19. The number of hydrogen-bond donors (Lipinski definition) is 1. The van der Waals surface area contributed by atoms with E-state index in [4.69, 9.17) is 8.83 Å². The molecular weight excluding hydrogens is 312 g/mol. The van der Waals surface area contributed by atoms with E-state index in [9.17, 15) is 14.4 Å². The fourth-order valence-corrected chi connectivity index (χ4v) is 2.26. The van der Waals surface area contributed by atoms with Gasteiger partial charge in [-0.25, -0.2) is 4.79 Å². The molecule has 2 aromatic rings. The summed E-state index contributed by atoms with van der Waals surface area (Å²) < 4.78 is 10.3. The Morgan fingerprint density at radius 3 is 2.58 bits per heavy atom. The third-order valence-electron chi connectivity index (χ3n) is 3.36. The first-order valence-corrected chi connectivity index (χ1v) is 7.17. The van der Waals surface area contributed by atoms with Crippen LogP contribution in [0.2, 0.25) is 0 Å². The quantitative estimate of drug-likeness (QED) is 0.688. The lowest BCUT2D eigenvalue weighted by Crippen LogP contribution is -2.53. The molecule has 0 unspecified atom stereocenters. The second-order valence-corrected chi connectivity index (χ2v) is 5.19. The number of allylic oxidation sites excluding steroid dienone is 2. The Bertz CT molecular complexity index is 828. The fourth-order valence-electron chi connectivity index (χ4n) is 2.26. The number of carbonyl (C=O) groups is 3. The summed E-state index contributed by atoms with van der Waals surface area (Å²) in [7, 11) is 0. The fraction of sp³-hybridized carbons (Fsp3) is 0.118. The van der Waals surface area contributed by atoms with Crippen molar-refractivity contribution in [1.29, 1.82) is 0 Å². The van der Waals surface area contributed by atoms with Crippen molar-refractivity contribution in [1.82, 2.24) is 10.2 Å². The van der Waals surface area contributed by atoms with Gasteiger partial charge in [0.15, 0.2) is 0 Å².